The van der Waals surface area contributed by atoms with Gasteiger partial charge in [0.2, 0.25) is 0 Å². The molecule has 0 spiro atoms. The number of pyridine rings is 1. The molecule has 0 saturated heterocycles. The molecule has 1 fully saturated rings. The summed E-state index contributed by atoms with van der Waals surface area (Å²) in [5.74, 6) is -1.09. The Bertz CT molecular complexity index is 1470. The smallest absolute Gasteiger partial charge is 0.135 e. The van der Waals surface area contributed by atoms with Gasteiger partial charge in [0.25, 0.3) is 0 Å². The third-order valence-corrected chi connectivity index (χ3v) is 7.30. The number of aliphatic hydroxyl groups is 1. The summed E-state index contributed by atoms with van der Waals surface area (Å²) in [7, 11) is 0. The highest BCUT2D eigenvalue weighted by molar-refractivity contribution is 5.63. The van der Waals surface area contributed by atoms with E-state index in [0.717, 1.165) is 41.8 Å². The van der Waals surface area contributed by atoms with E-state index >= 15 is 0 Å². The van der Waals surface area contributed by atoms with Crippen LogP contribution in [0.25, 0.3) is 22.6 Å². The van der Waals surface area contributed by atoms with E-state index in [2.05, 4.69) is 34.0 Å². The molecule has 1 aromatic carbocycles. The minimum atomic E-state index is -1.00. The zero-order valence-corrected chi connectivity index (χ0v) is 22.0. The zero-order valence-electron chi connectivity index (χ0n) is 22.0. The van der Waals surface area contributed by atoms with Crippen molar-refractivity contribution < 1.29 is 13.9 Å². The quantitative estimate of drug-likeness (QED) is 0.335. The fourth-order valence-electron chi connectivity index (χ4n) is 5.51. The second kappa shape index (κ2) is 9.91. The molecule has 2 aliphatic rings. The fraction of sp³-hybridized carbons (Fsp3) is 0.367. The largest absolute Gasteiger partial charge is 0.386 e. The third kappa shape index (κ3) is 4.47. The first-order chi connectivity index (χ1) is 18.2. The Labute approximate surface area is 221 Å². The number of aromatic nitrogens is 5. The normalized spacial score (nSPS) is 19.6. The standard InChI is InChI=1S/C27H23F2N5O.C3H8/c1-26(2,35)16-7-9-31-20(10-16)22-13-30-14-23(32-22)27-8-6-15(12-27)17-11-21(33-34-25(17)27)24-18(28)4-3-5-19(24)29;1-3-2/h3-5,7,9-11,13-15,35H,6,8,12H2,1-2H3;3H2,1-2H3/t15-,27+;/m1./s1. The Hall–Kier alpha value is -3.65. The Morgan fingerprint density at radius 1 is 1.00 bits per heavy atom. The minimum Gasteiger partial charge on any atom is -0.386 e. The number of halogens is 2. The molecule has 2 aliphatic carbocycles. The van der Waals surface area contributed by atoms with Crippen molar-refractivity contribution in [1.29, 1.82) is 0 Å². The summed E-state index contributed by atoms with van der Waals surface area (Å²) in [6.07, 6.45) is 8.90. The summed E-state index contributed by atoms with van der Waals surface area (Å²) in [6, 6.07) is 9.16. The predicted molar refractivity (Wildman–Crippen MR) is 141 cm³/mol. The van der Waals surface area contributed by atoms with Gasteiger partial charge in [0.15, 0.2) is 0 Å². The summed E-state index contributed by atoms with van der Waals surface area (Å²) in [5.41, 5.74) is 3.12. The number of rotatable bonds is 4. The predicted octanol–water partition coefficient (Wildman–Crippen LogP) is 6.48. The molecule has 1 N–H and O–H groups in total. The lowest BCUT2D eigenvalue weighted by Gasteiger charge is -2.27. The molecule has 6 nitrogen and oxygen atoms in total. The molecule has 6 rings (SSSR count). The van der Waals surface area contributed by atoms with Crippen LogP contribution in [0.3, 0.4) is 0 Å². The van der Waals surface area contributed by atoms with Gasteiger partial charge in [-0.15, -0.1) is 5.10 Å². The van der Waals surface area contributed by atoms with Gasteiger partial charge in [0, 0.05) is 12.4 Å². The van der Waals surface area contributed by atoms with Crippen LogP contribution >= 0.6 is 0 Å². The molecule has 3 heterocycles. The average Bonchev–Trinajstić information content (AvgIpc) is 3.48. The van der Waals surface area contributed by atoms with Crippen molar-refractivity contribution in [1.82, 2.24) is 25.1 Å². The molecule has 0 aliphatic heterocycles. The SMILES string of the molecule is CC(C)(O)c1ccnc(-c2cncc([C@]34CC[C@H](C3)c3cc(-c5c(F)cccc5F)nnc34)n2)c1.CCC. The van der Waals surface area contributed by atoms with E-state index in [0.29, 0.717) is 11.4 Å². The lowest BCUT2D eigenvalue weighted by Crippen LogP contribution is -2.26. The van der Waals surface area contributed by atoms with E-state index in [9.17, 15) is 13.9 Å². The monoisotopic (exact) mass is 515 g/mol. The molecule has 2 atom stereocenters. The highest BCUT2D eigenvalue weighted by Gasteiger charge is 2.53. The zero-order chi connectivity index (χ0) is 27.1. The molecule has 2 bridgehead atoms. The summed E-state index contributed by atoms with van der Waals surface area (Å²) < 4.78 is 28.8. The molecule has 3 aromatic heterocycles. The Morgan fingerprint density at radius 2 is 1.74 bits per heavy atom. The van der Waals surface area contributed by atoms with Crippen molar-refractivity contribution >= 4 is 0 Å². The maximum atomic E-state index is 14.4. The van der Waals surface area contributed by atoms with E-state index in [1.165, 1.54) is 24.6 Å². The second-order valence-corrected chi connectivity index (χ2v) is 10.6. The van der Waals surface area contributed by atoms with Crippen molar-refractivity contribution in [2.24, 2.45) is 0 Å². The summed E-state index contributed by atoms with van der Waals surface area (Å²) in [5, 5.41) is 19.1. The second-order valence-electron chi connectivity index (χ2n) is 10.6. The van der Waals surface area contributed by atoms with Gasteiger partial charge in [-0.25, -0.2) is 13.8 Å². The van der Waals surface area contributed by atoms with Gasteiger partial charge in [0.1, 0.15) is 17.3 Å². The molecular formula is C30H31F2N5O. The maximum absolute atomic E-state index is 14.4. The summed E-state index contributed by atoms with van der Waals surface area (Å²) in [4.78, 5) is 13.8. The van der Waals surface area contributed by atoms with Crippen molar-refractivity contribution in [3.05, 3.63) is 89.1 Å². The van der Waals surface area contributed by atoms with Crippen molar-refractivity contribution in [3.8, 4) is 22.6 Å². The number of benzene rings is 1. The van der Waals surface area contributed by atoms with Gasteiger partial charge in [-0.1, -0.05) is 26.3 Å². The number of fused-ring (bicyclic) bond motifs is 5. The van der Waals surface area contributed by atoms with E-state index in [1.54, 1.807) is 44.6 Å². The number of hydrogen-bond acceptors (Lipinski definition) is 6. The minimum absolute atomic E-state index is 0.154. The van der Waals surface area contributed by atoms with E-state index in [4.69, 9.17) is 4.98 Å². The Balaban J connectivity index is 0.000000937. The van der Waals surface area contributed by atoms with Gasteiger partial charge < -0.3 is 5.11 Å². The molecule has 38 heavy (non-hydrogen) atoms. The van der Waals surface area contributed by atoms with Crippen LogP contribution in [0.2, 0.25) is 0 Å². The van der Waals surface area contributed by atoms with Crippen LogP contribution in [0, 0.1) is 11.6 Å². The average molecular weight is 516 g/mol. The third-order valence-electron chi connectivity index (χ3n) is 7.30. The molecule has 8 heteroatoms. The first-order valence-corrected chi connectivity index (χ1v) is 13.0. The topological polar surface area (TPSA) is 84.7 Å². The van der Waals surface area contributed by atoms with Crippen molar-refractivity contribution in [2.75, 3.05) is 0 Å². The maximum Gasteiger partial charge on any atom is 0.135 e. The molecule has 1 saturated carbocycles. The van der Waals surface area contributed by atoms with Crippen LogP contribution in [-0.2, 0) is 11.0 Å². The highest BCUT2D eigenvalue weighted by Crippen LogP contribution is 2.59. The van der Waals surface area contributed by atoms with Crippen LogP contribution in [0.15, 0.2) is 55.0 Å². The van der Waals surface area contributed by atoms with Gasteiger partial charge in [-0.2, -0.15) is 5.10 Å². The van der Waals surface area contributed by atoms with E-state index in [-0.39, 0.29) is 17.2 Å². The van der Waals surface area contributed by atoms with Gasteiger partial charge in [-0.05, 0) is 80.5 Å². The van der Waals surface area contributed by atoms with Gasteiger partial charge >= 0.3 is 0 Å². The van der Waals surface area contributed by atoms with Crippen LogP contribution < -0.4 is 0 Å². The molecule has 196 valence electrons. The Kier molecular flexibility index (Phi) is 6.77. The molecule has 0 radical (unpaired) electrons. The molecule has 0 amide bonds. The summed E-state index contributed by atoms with van der Waals surface area (Å²) in [6.45, 7) is 7.70. The highest BCUT2D eigenvalue weighted by atomic mass is 19.1. The van der Waals surface area contributed by atoms with Crippen LogP contribution in [0.1, 0.15) is 81.8 Å². The van der Waals surface area contributed by atoms with Crippen LogP contribution in [0.5, 0.6) is 0 Å². The number of hydrogen-bond donors (Lipinski definition) is 1. The lowest BCUT2D eigenvalue weighted by molar-refractivity contribution is 0.0785. The van der Waals surface area contributed by atoms with Crippen molar-refractivity contribution in [3.63, 3.8) is 0 Å². The molecule has 0 unspecified atom stereocenters. The van der Waals surface area contributed by atoms with Crippen LogP contribution in [0.4, 0.5) is 8.78 Å². The van der Waals surface area contributed by atoms with Gasteiger partial charge in [0.05, 0.1) is 45.6 Å². The first kappa shape index (κ1) is 26.0. The van der Waals surface area contributed by atoms with Gasteiger partial charge in [-0.3, -0.25) is 9.97 Å². The van der Waals surface area contributed by atoms with E-state index < -0.39 is 22.7 Å². The molecular weight excluding hydrogens is 484 g/mol. The Morgan fingerprint density at radius 3 is 2.45 bits per heavy atom. The molecule has 4 aromatic rings. The van der Waals surface area contributed by atoms with E-state index in [1.807, 2.05) is 6.07 Å². The van der Waals surface area contributed by atoms with Crippen molar-refractivity contribution in [2.45, 2.75) is 70.3 Å². The fourth-order valence-corrected chi connectivity index (χ4v) is 5.51. The summed E-state index contributed by atoms with van der Waals surface area (Å²) >= 11 is 0. The lowest BCUT2D eigenvalue weighted by atomic mass is 9.80. The number of nitrogens with zero attached hydrogens (tertiary/aromatic N) is 5. The van der Waals surface area contributed by atoms with Crippen LogP contribution in [-0.4, -0.2) is 30.3 Å². The first-order valence-electron chi connectivity index (χ1n) is 13.0.